The van der Waals surface area contributed by atoms with Crippen LogP contribution in [0.5, 0.6) is 0 Å². The summed E-state index contributed by atoms with van der Waals surface area (Å²) in [6.07, 6.45) is 1.41. The number of hydrogen-bond acceptors (Lipinski definition) is 5. The number of nitrogens with zero attached hydrogens (tertiary/aromatic N) is 3. The molecule has 16 heavy (non-hydrogen) atoms. The van der Waals surface area contributed by atoms with Gasteiger partial charge < -0.3 is 5.73 Å². The third-order valence-electron chi connectivity index (χ3n) is 2.16. The average molecular weight is 233 g/mol. The molecule has 0 bridgehead atoms. The maximum atomic E-state index is 11.4. The summed E-state index contributed by atoms with van der Waals surface area (Å²) in [5.74, 6) is 0. The van der Waals surface area contributed by atoms with Gasteiger partial charge in [0.15, 0.2) is 5.13 Å². The predicted octanol–water partition coefficient (Wildman–Crippen LogP) is 0.752. The first-order valence-corrected chi connectivity index (χ1v) is 5.34. The monoisotopic (exact) mass is 233 g/mol. The van der Waals surface area contributed by atoms with Gasteiger partial charge in [0.05, 0.1) is 10.2 Å². The van der Waals surface area contributed by atoms with E-state index in [1.165, 1.54) is 22.2 Å². The quantitative estimate of drug-likeness (QED) is 0.607. The summed E-state index contributed by atoms with van der Waals surface area (Å²) in [5.41, 5.74) is 6.88. The van der Waals surface area contributed by atoms with E-state index in [9.17, 15) is 4.79 Å². The lowest BCUT2D eigenvalue weighted by Crippen LogP contribution is -2.13. The van der Waals surface area contributed by atoms with Crippen molar-refractivity contribution in [3.05, 3.63) is 35.0 Å². The van der Waals surface area contributed by atoms with Crippen molar-refractivity contribution in [2.75, 3.05) is 5.73 Å². The van der Waals surface area contributed by atoms with Gasteiger partial charge in [0.2, 0.25) is 0 Å². The van der Waals surface area contributed by atoms with E-state index in [4.69, 9.17) is 5.73 Å². The molecule has 0 atom stereocenters. The van der Waals surface area contributed by atoms with Crippen LogP contribution in [0.3, 0.4) is 0 Å². The summed E-state index contributed by atoms with van der Waals surface area (Å²) >= 11 is 1.40. The van der Waals surface area contributed by atoms with Crippen LogP contribution in [0.4, 0.5) is 5.69 Å². The molecule has 0 saturated heterocycles. The molecule has 0 aliphatic carbocycles. The number of benzene rings is 1. The van der Waals surface area contributed by atoms with Crippen molar-refractivity contribution >= 4 is 27.2 Å². The van der Waals surface area contributed by atoms with E-state index in [1.54, 1.807) is 6.07 Å². The van der Waals surface area contributed by atoms with E-state index >= 15 is 0 Å². The minimum absolute atomic E-state index is 0.299. The van der Waals surface area contributed by atoms with Crippen LogP contribution < -0.4 is 11.4 Å². The number of H-pyrrole nitrogens is 1. The van der Waals surface area contributed by atoms with Crippen molar-refractivity contribution in [3.63, 3.8) is 0 Å². The number of thiazole rings is 1. The highest BCUT2D eigenvalue weighted by Crippen LogP contribution is 2.25. The number of aromatic amines is 1. The third kappa shape index (κ3) is 1.29. The second-order valence-corrected chi connectivity index (χ2v) is 4.26. The van der Waals surface area contributed by atoms with Gasteiger partial charge in [-0.3, -0.25) is 0 Å². The van der Waals surface area contributed by atoms with Crippen LogP contribution in [0.15, 0.2) is 29.3 Å². The van der Waals surface area contributed by atoms with Crippen LogP contribution >= 0.6 is 11.3 Å². The normalized spacial score (nSPS) is 11.0. The molecule has 0 radical (unpaired) electrons. The Bertz CT molecular complexity index is 710. The molecule has 80 valence electrons. The van der Waals surface area contributed by atoms with E-state index in [1.807, 2.05) is 12.1 Å². The van der Waals surface area contributed by atoms with E-state index in [0.717, 1.165) is 10.2 Å². The highest BCUT2D eigenvalue weighted by atomic mass is 32.1. The highest BCUT2D eigenvalue weighted by molar-refractivity contribution is 7.20. The van der Waals surface area contributed by atoms with E-state index in [-0.39, 0.29) is 5.69 Å². The topological polar surface area (TPSA) is 89.6 Å². The SMILES string of the molecule is Nc1ccc2nc(-n3cn[nH]c3=O)sc2c1. The first-order chi connectivity index (χ1) is 7.74. The number of nitrogens with one attached hydrogen (secondary N) is 1. The Hall–Kier alpha value is -2.15. The Morgan fingerprint density at radius 3 is 3.06 bits per heavy atom. The largest absolute Gasteiger partial charge is 0.399 e. The lowest BCUT2D eigenvalue weighted by Gasteiger charge is -1.88. The van der Waals surface area contributed by atoms with E-state index in [0.29, 0.717) is 10.8 Å². The Morgan fingerprint density at radius 2 is 2.31 bits per heavy atom. The van der Waals surface area contributed by atoms with E-state index < -0.39 is 0 Å². The molecule has 1 aromatic carbocycles. The van der Waals surface area contributed by atoms with Crippen LogP contribution in [0.2, 0.25) is 0 Å². The number of nitrogens with two attached hydrogens (primary N) is 1. The molecule has 0 unspecified atom stereocenters. The second-order valence-electron chi connectivity index (χ2n) is 3.26. The van der Waals surface area contributed by atoms with Crippen molar-refractivity contribution < 1.29 is 0 Å². The number of nitrogen functional groups attached to an aromatic ring is 1. The smallest absolute Gasteiger partial charge is 0.349 e. The number of hydrogen-bond donors (Lipinski definition) is 2. The summed E-state index contributed by atoms with van der Waals surface area (Å²) in [6, 6.07) is 5.45. The number of fused-ring (bicyclic) bond motifs is 1. The van der Waals surface area contributed by atoms with Crippen molar-refractivity contribution in [3.8, 4) is 5.13 Å². The highest BCUT2D eigenvalue weighted by Gasteiger charge is 2.08. The van der Waals surface area contributed by atoms with Crippen LogP contribution in [-0.4, -0.2) is 19.7 Å². The number of anilines is 1. The molecule has 0 aliphatic rings. The summed E-state index contributed by atoms with van der Waals surface area (Å²) in [5, 5.41) is 6.56. The molecule has 0 saturated carbocycles. The fraction of sp³-hybridized carbons (Fsp3) is 0. The Labute approximate surface area is 93.4 Å². The predicted molar refractivity (Wildman–Crippen MR) is 61.8 cm³/mol. The first kappa shape index (κ1) is 9.10. The third-order valence-corrected chi connectivity index (χ3v) is 3.18. The lowest BCUT2D eigenvalue weighted by molar-refractivity contribution is 0.972. The number of aromatic nitrogens is 4. The van der Waals surface area contributed by atoms with Crippen LogP contribution in [0, 0.1) is 0 Å². The summed E-state index contributed by atoms with van der Waals surface area (Å²) in [6.45, 7) is 0. The molecule has 6 nitrogen and oxygen atoms in total. The minimum Gasteiger partial charge on any atom is -0.399 e. The van der Waals surface area contributed by atoms with Gasteiger partial charge in [-0.05, 0) is 18.2 Å². The van der Waals surface area contributed by atoms with Crippen molar-refractivity contribution in [2.24, 2.45) is 0 Å². The van der Waals surface area contributed by atoms with Crippen molar-refractivity contribution in [1.82, 2.24) is 19.7 Å². The van der Waals surface area contributed by atoms with Gasteiger partial charge in [0.1, 0.15) is 6.33 Å². The van der Waals surface area contributed by atoms with Gasteiger partial charge in [-0.15, -0.1) is 0 Å². The number of rotatable bonds is 1. The van der Waals surface area contributed by atoms with Gasteiger partial charge in [-0.25, -0.2) is 19.4 Å². The van der Waals surface area contributed by atoms with Gasteiger partial charge >= 0.3 is 5.69 Å². The summed E-state index contributed by atoms with van der Waals surface area (Å²) in [7, 11) is 0. The average Bonchev–Trinajstić information content (AvgIpc) is 2.82. The van der Waals surface area contributed by atoms with E-state index in [2.05, 4.69) is 15.2 Å². The molecule has 0 spiro atoms. The Morgan fingerprint density at radius 1 is 1.44 bits per heavy atom. The molecular weight excluding hydrogens is 226 g/mol. The first-order valence-electron chi connectivity index (χ1n) is 4.52. The van der Waals surface area contributed by atoms with Gasteiger partial charge in [-0.1, -0.05) is 11.3 Å². The van der Waals surface area contributed by atoms with Crippen LogP contribution in [0.1, 0.15) is 0 Å². The molecule has 0 amide bonds. The van der Waals surface area contributed by atoms with Crippen molar-refractivity contribution in [1.29, 1.82) is 0 Å². The van der Waals surface area contributed by atoms with Crippen LogP contribution in [0.25, 0.3) is 15.3 Å². The minimum atomic E-state index is -0.299. The maximum Gasteiger partial charge on any atom is 0.349 e. The molecular formula is C9H7N5OS. The zero-order valence-corrected chi connectivity index (χ0v) is 8.86. The molecule has 7 heteroatoms. The molecule has 3 N–H and O–H groups in total. The van der Waals surface area contributed by atoms with Crippen molar-refractivity contribution in [2.45, 2.75) is 0 Å². The summed E-state index contributed by atoms with van der Waals surface area (Å²) in [4.78, 5) is 15.7. The molecule has 3 aromatic rings. The van der Waals surface area contributed by atoms with Crippen LogP contribution in [-0.2, 0) is 0 Å². The zero-order valence-electron chi connectivity index (χ0n) is 8.04. The second kappa shape index (κ2) is 3.17. The lowest BCUT2D eigenvalue weighted by atomic mass is 10.3. The fourth-order valence-electron chi connectivity index (χ4n) is 1.42. The van der Waals surface area contributed by atoms with Gasteiger partial charge in [0, 0.05) is 5.69 Å². The standard InChI is InChI=1S/C9H7N5OS/c10-5-1-2-6-7(3-5)16-9(12-6)14-4-11-13-8(14)15/h1-4H,10H2,(H,13,15). The molecule has 0 aliphatic heterocycles. The molecule has 3 rings (SSSR count). The van der Waals surface area contributed by atoms with Gasteiger partial charge in [0.25, 0.3) is 0 Å². The molecule has 2 aromatic heterocycles. The fourth-order valence-corrected chi connectivity index (χ4v) is 2.40. The summed E-state index contributed by atoms with van der Waals surface area (Å²) < 4.78 is 2.31. The maximum absolute atomic E-state index is 11.4. The zero-order chi connectivity index (χ0) is 11.1. The molecule has 2 heterocycles. The van der Waals surface area contributed by atoms with Gasteiger partial charge in [-0.2, -0.15) is 5.10 Å². The Kier molecular flexibility index (Phi) is 1.80. The molecule has 0 fully saturated rings. The Balaban J connectivity index is 2.27.